The van der Waals surface area contributed by atoms with E-state index in [1.807, 2.05) is 38.1 Å². The fourth-order valence-electron chi connectivity index (χ4n) is 3.51. The van der Waals surface area contributed by atoms with E-state index in [1.54, 1.807) is 48.5 Å². The van der Waals surface area contributed by atoms with Crippen LogP contribution in [0.3, 0.4) is 0 Å². The van der Waals surface area contributed by atoms with Crippen LogP contribution in [0.4, 0.5) is 5.69 Å². The van der Waals surface area contributed by atoms with Gasteiger partial charge in [-0.15, -0.1) is 0 Å². The maximum absolute atomic E-state index is 12.4. The molecule has 4 aromatic rings. The summed E-state index contributed by atoms with van der Waals surface area (Å²) < 4.78 is 11.4. The second-order valence-corrected chi connectivity index (χ2v) is 7.94. The summed E-state index contributed by atoms with van der Waals surface area (Å²) in [5.41, 5.74) is 2.79. The molecule has 0 unspecified atom stereocenters. The number of carbonyl (C=O) groups is 1. The van der Waals surface area contributed by atoms with Gasteiger partial charge < -0.3 is 19.8 Å². The molecule has 0 fully saturated rings. The van der Waals surface area contributed by atoms with Crippen LogP contribution >= 0.6 is 0 Å². The number of aryl methyl sites for hydroxylation is 1. The van der Waals surface area contributed by atoms with Crippen LogP contribution in [0.2, 0.25) is 0 Å². The van der Waals surface area contributed by atoms with Crippen LogP contribution in [0.25, 0.3) is 22.6 Å². The number of benzene rings is 3. The van der Waals surface area contributed by atoms with E-state index in [-0.39, 0.29) is 29.5 Å². The van der Waals surface area contributed by atoms with E-state index in [2.05, 4.69) is 21.4 Å². The molecule has 4 rings (SSSR count). The highest BCUT2D eigenvalue weighted by atomic mass is 16.5. The summed E-state index contributed by atoms with van der Waals surface area (Å²) in [4.78, 5) is 31.8. The van der Waals surface area contributed by atoms with Crippen molar-refractivity contribution in [2.75, 3.05) is 18.5 Å². The number of carbonyl (C=O) groups excluding carboxylic acids is 1. The first-order valence-corrected chi connectivity index (χ1v) is 11.3. The number of para-hydroxylation sites is 1. The average molecular weight is 481 g/mol. The van der Waals surface area contributed by atoms with Gasteiger partial charge in [0.1, 0.15) is 6.07 Å². The quantitative estimate of drug-likeness (QED) is 0.353. The molecule has 1 aromatic heterocycles. The number of aromatic nitrogens is 2. The van der Waals surface area contributed by atoms with E-state index < -0.39 is 0 Å². The summed E-state index contributed by atoms with van der Waals surface area (Å²) in [7, 11) is 0. The Kier molecular flexibility index (Phi) is 7.42. The van der Waals surface area contributed by atoms with E-state index in [0.717, 1.165) is 5.56 Å². The van der Waals surface area contributed by atoms with Crippen LogP contribution in [0.1, 0.15) is 23.9 Å². The lowest BCUT2D eigenvalue weighted by atomic mass is 10.1. The van der Waals surface area contributed by atoms with Gasteiger partial charge in [-0.05, 0) is 61.9 Å². The summed E-state index contributed by atoms with van der Waals surface area (Å²) >= 11 is 0. The van der Waals surface area contributed by atoms with Crippen molar-refractivity contribution in [3.05, 3.63) is 94.0 Å². The number of H-pyrrole nitrogens is 1. The zero-order valence-electron chi connectivity index (χ0n) is 19.9. The predicted molar refractivity (Wildman–Crippen MR) is 139 cm³/mol. The van der Waals surface area contributed by atoms with Crippen molar-refractivity contribution in [2.24, 2.45) is 0 Å². The Labute approximate surface area is 207 Å². The Balaban J connectivity index is 1.54. The molecule has 0 radical (unpaired) electrons. The van der Waals surface area contributed by atoms with Crippen molar-refractivity contribution in [3.8, 4) is 17.6 Å². The number of aromatic amines is 1. The summed E-state index contributed by atoms with van der Waals surface area (Å²) in [6.07, 6.45) is 1.60. The molecule has 180 valence electrons. The van der Waals surface area contributed by atoms with E-state index in [9.17, 15) is 14.9 Å². The number of allylic oxidation sites excluding steroid dienone is 1. The minimum atomic E-state index is -0.320. The van der Waals surface area contributed by atoms with E-state index in [4.69, 9.17) is 9.47 Å². The van der Waals surface area contributed by atoms with Gasteiger partial charge in [0.2, 0.25) is 0 Å². The van der Waals surface area contributed by atoms with Crippen molar-refractivity contribution in [2.45, 2.75) is 13.8 Å². The van der Waals surface area contributed by atoms with Crippen LogP contribution in [-0.2, 0) is 4.79 Å². The number of rotatable bonds is 8. The number of nitriles is 1. The number of fused-ring (bicyclic) bond motifs is 1. The molecule has 36 heavy (non-hydrogen) atoms. The monoisotopic (exact) mass is 480 g/mol. The molecule has 0 aliphatic carbocycles. The predicted octanol–water partition coefficient (Wildman–Crippen LogP) is 4.71. The van der Waals surface area contributed by atoms with Gasteiger partial charge in [0, 0.05) is 5.69 Å². The molecular weight excluding hydrogens is 456 g/mol. The molecule has 0 aliphatic heterocycles. The van der Waals surface area contributed by atoms with Gasteiger partial charge in [-0.1, -0.05) is 35.9 Å². The standard InChI is InChI=1S/C28H24N4O4/c1-3-35-25-15-19(10-13-24(25)36-17-26(33)30-21-11-8-18(2)9-12-21)14-20(16-29)27-31-23-7-5-4-6-22(23)28(34)32-27/h4-15H,3,17H2,1-2H3,(H,30,33)(H,31,32,34). The van der Waals surface area contributed by atoms with Crippen molar-refractivity contribution < 1.29 is 14.3 Å². The van der Waals surface area contributed by atoms with Gasteiger partial charge >= 0.3 is 0 Å². The molecule has 0 saturated carbocycles. The second-order valence-electron chi connectivity index (χ2n) is 7.94. The highest BCUT2D eigenvalue weighted by Gasteiger charge is 2.12. The highest BCUT2D eigenvalue weighted by Crippen LogP contribution is 2.30. The second kappa shape index (κ2) is 11.0. The Hall–Kier alpha value is -4.90. The molecule has 0 spiro atoms. The average Bonchev–Trinajstić information content (AvgIpc) is 2.88. The normalized spacial score (nSPS) is 11.1. The third-order valence-corrected chi connectivity index (χ3v) is 5.26. The lowest BCUT2D eigenvalue weighted by Gasteiger charge is -2.13. The van der Waals surface area contributed by atoms with E-state index >= 15 is 0 Å². The first-order valence-electron chi connectivity index (χ1n) is 11.3. The third kappa shape index (κ3) is 5.77. The SMILES string of the molecule is CCOc1cc(C=C(C#N)c2nc3ccccc3c(=O)[nH]2)ccc1OCC(=O)Nc1ccc(C)cc1. The number of amides is 1. The zero-order chi connectivity index (χ0) is 25.5. The van der Waals surface area contributed by atoms with Gasteiger partial charge in [-0.3, -0.25) is 9.59 Å². The lowest BCUT2D eigenvalue weighted by Crippen LogP contribution is -2.20. The fraction of sp³-hybridized carbons (Fsp3) is 0.143. The Morgan fingerprint density at radius 3 is 2.61 bits per heavy atom. The van der Waals surface area contributed by atoms with Gasteiger partial charge in [-0.25, -0.2) is 4.98 Å². The summed E-state index contributed by atoms with van der Waals surface area (Å²) in [5.74, 6) is 0.686. The van der Waals surface area contributed by atoms with Crippen molar-refractivity contribution in [1.29, 1.82) is 5.26 Å². The Bertz CT molecular complexity index is 1530. The fourth-order valence-corrected chi connectivity index (χ4v) is 3.51. The Morgan fingerprint density at radius 1 is 1.08 bits per heavy atom. The largest absolute Gasteiger partial charge is 0.490 e. The molecule has 3 aromatic carbocycles. The van der Waals surface area contributed by atoms with Crippen LogP contribution < -0.4 is 20.3 Å². The van der Waals surface area contributed by atoms with Gasteiger partial charge in [-0.2, -0.15) is 5.26 Å². The molecule has 1 heterocycles. The number of hydrogen-bond donors (Lipinski definition) is 2. The number of anilines is 1. The molecule has 0 atom stereocenters. The molecule has 0 aliphatic rings. The van der Waals surface area contributed by atoms with Crippen LogP contribution in [0.5, 0.6) is 11.5 Å². The summed E-state index contributed by atoms with van der Waals surface area (Å²) in [6.45, 7) is 3.99. The van der Waals surface area contributed by atoms with Crippen molar-refractivity contribution >= 4 is 34.1 Å². The molecule has 8 heteroatoms. The third-order valence-electron chi connectivity index (χ3n) is 5.26. The maximum Gasteiger partial charge on any atom is 0.262 e. The zero-order valence-corrected chi connectivity index (χ0v) is 19.9. The minimum absolute atomic E-state index is 0.173. The number of nitrogens with zero attached hydrogens (tertiary/aromatic N) is 2. The highest BCUT2D eigenvalue weighted by molar-refractivity contribution is 5.92. The molecular formula is C28H24N4O4. The van der Waals surface area contributed by atoms with Gasteiger partial charge in [0.25, 0.3) is 11.5 Å². The van der Waals surface area contributed by atoms with E-state index in [0.29, 0.717) is 40.3 Å². The van der Waals surface area contributed by atoms with Crippen molar-refractivity contribution in [1.82, 2.24) is 9.97 Å². The minimum Gasteiger partial charge on any atom is -0.490 e. The lowest BCUT2D eigenvalue weighted by molar-refractivity contribution is -0.118. The van der Waals surface area contributed by atoms with Crippen LogP contribution in [0, 0.1) is 18.3 Å². The first-order chi connectivity index (χ1) is 17.5. The van der Waals surface area contributed by atoms with Crippen LogP contribution in [-0.4, -0.2) is 29.1 Å². The number of nitrogens with one attached hydrogen (secondary N) is 2. The number of ether oxygens (including phenoxy) is 2. The van der Waals surface area contributed by atoms with E-state index in [1.165, 1.54) is 0 Å². The summed E-state index contributed by atoms with van der Waals surface area (Å²) in [5, 5.41) is 13.0. The smallest absolute Gasteiger partial charge is 0.262 e. The molecule has 0 bridgehead atoms. The first kappa shape index (κ1) is 24.2. The van der Waals surface area contributed by atoms with Crippen LogP contribution in [0.15, 0.2) is 71.5 Å². The molecule has 0 saturated heterocycles. The van der Waals surface area contributed by atoms with Gasteiger partial charge in [0.15, 0.2) is 23.9 Å². The molecule has 2 N–H and O–H groups in total. The number of hydrogen-bond acceptors (Lipinski definition) is 6. The molecule has 1 amide bonds. The summed E-state index contributed by atoms with van der Waals surface area (Å²) in [6, 6.07) is 21.6. The van der Waals surface area contributed by atoms with Crippen molar-refractivity contribution in [3.63, 3.8) is 0 Å². The topological polar surface area (TPSA) is 117 Å². The van der Waals surface area contributed by atoms with Gasteiger partial charge in [0.05, 0.1) is 23.1 Å². The molecule has 8 nitrogen and oxygen atoms in total. The Morgan fingerprint density at radius 2 is 1.86 bits per heavy atom. The maximum atomic E-state index is 12.4.